The van der Waals surface area contributed by atoms with Gasteiger partial charge in [0.15, 0.2) is 17.3 Å². The molecule has 0 saturated carbocycles. The Morgan fingerprint density at radius 1 is 0.976 bits per heavy atom. The van der Waals surface area contributed by atoms with Crippen molar-refractivity contribution in [2.24, 2.45) is 0 Å². The van der Waals surface area contributed by atoms with Gasteiger partial charge in [-0.05, 0) is 60.2 Å². The third kappa shape index (κ3) is 4.81. The maximum absolute atomic E-state index is 14.2. The van der Waals surface area contributed by atoms with E-state index in [-0.39, 0.29) is 33.5 Å². The molecular weight excluding hydrogens is 588 g/mol. The van der Waals surface area contributed by atoms with Gasteiger partial charge in [-0.25, -0.2) is 22.7 Å². The summed E-state index contributed by atoms with van der Waals surface area (Å²) in [4.78, 5) is 30.4. The first kappa shape index (κ1) is 27.3. The second-order valence-electron chi connectivity index (χ2n) is 9.34. The molecule has 2 aromatic heterocycles. The minimum absolute atomic E-state index is 0.0162. The van der Waals surface area contributed by atoms with Crippen molar-refractivity contribution in [3.8, 4) is 11.1 Å². The van der Waals surface area contributed by atoms with Crippen molar-refractivity contribution in [2.45, 2.75) is 12.2 Å². The Balaban J connectivity index is 1.51. The van der Waals surface area contributed by atoms with Crippen molar-refractivity contribution in [2.75, 3.05) is 5.32 Å². The van der Waals surface area contributed by atoms with E-state index in [1.807, 2.05) is 0 Å². The summed E-state index contributed by atoms with van der Waals surface area (Å²) in [6, 6.07) is 7.90. The number of pyridine rings is 1. The molecule has 3 aromatic carbocycles. The van der Waals surface area contributed by atoms with E-state index in [1.165, 1.54) is 23.0 Å². The summed E-state index contributed by atoms with van der Waals surface area (Å²) in [6.07, 6.45) is -2.01. The molecule has 14 heteroatoms. The number of halogens is 7. The fraction of sp³-hybridized carbons (Fsp3) is 0.0714. The van der Waals surface area contributed by atoms with Crippen molar-refractivity contribution >= 4 is 34.7 Å². The third-order valence-electron chi connectivity index (χ3n) is 6.68. The highest BCUT2D eigenvalue weighted by Crippen LogP contribution is 2.42. The smallest absolute Gasteiger partial charge is 0.341 e. The highest BCUT2D eigenvalue weighted by Gasteiger charge is 2.36. The SMILES string of the molecule is O=C(Nc1cc(-c2ccc3ncnn3c2)cc2c1[C@H](c1cc(F)c(F)cc1Cl)NC2=O)c1cc(F)cc(C(F)(F)F)c1. The van der Waals surface area contributed by atoms with E-state index in [9.17, 15) is 35.9 Å². The van der Waals surface area contributed by atoms with E-state index in [2.05, 4.69) is 20.7 Å². The Labute approximate surface area is 236 Å². The number of hydrogen-bond acceptors (Lipinski definition) is 4. The highest BCUT2D eigenvalue weighted by atomic mass is 35.5. The first-order chi connectivity index (χ1) is 19.9. The molecule has 0 fully saturated rings. The van der Waals surface area contributed by atoms with Crippen LogP contribution in [0.15, 0.2) is 67.1 Å². The molecule has 0 unspecified atom stereocenters. The van der Waals surface area contributed by atoms with Gasteiger partial charge in [-0.1, -0.05) is 11.6 Å². The van der Waals surface area contributed by atoms with E-state index in [1.54, 1.807) is 18.3 Å². The molecule has 0 radical (unpaired) electrons. The zero-order valence-electron chi connectivity index (χ0n) is 20.7. The first-order valence-corrected chi connectivity index (χ1v) is 12.4. The predicted octanol–water partition coefficient (Wildman–Crippen LogP) is 6.57. The molecule has 7 nitrogen and oxygen atoms in total. The molecule has 0 bridgehead atoms. The molecule has 1 aliphatic heterocycles. The number of anilines is 1. The van der Waals surface area contributed by atoms with E-state index in [0.717, 1.165) is 12.1 Å². The number of benzene rings is 3. The number of alkyl halides is 3. The Kier molecular flexibility index (Phi) is 6.41. The maximum atomic E-state index is 14.2. The van der Waals surface area contributed by atoms with Crippen LogP contribution in [0.3, 0.4) is 0 Å². The number of carbonyl (C=O) groups excluding carboxylic acids is 2. The van der Waals surface area contributed by atoms with Crippen molar-refractivity contribution in [1.29, 1.82) is 0 Å². The first-order valence-electron chi connectivity index (χ1n) is 12.0. The number of amides is 2. The van der Waals surface area contributed by atoms with E-state index in [4.69, 9.17) is 11.6 Å². The third-order valence-corrected chi connectivity index (χ3v) is 7.01. The molecule has 3 heterocycles. The second kappa shape index (κ2) is 9.87. The van der Waals surface area contributed by atoms with Crippen LogP contribution in [0, 0.1) is 17.5 Å². The lowest BCUT2D eigenvalue weighted by Gasteiger charge is -2.19. The lowest BCUT2D eigenvalue weighted by atomic mass is 9.93. The Morgan fingerprint density at radius 2 is 1.74 bits per heavy atom. The number of hydrogen-bond donors (Lipinski definition) is 2. The molecule has 1 atom stereocenters. The molecule has 2 amide bonds. The fourth-order valence-corrected chi connectivity index (χ4v) is 5.02. The molecule has 6 rings (SSSR count). The highest BCUT2D eigenvalue weighted by molar-refractivity contribution is 6.31. The number of aromatic nitrogens is 3. The Bertz CT molecular complexity index is 1940. The zero-order chi connectivity index (χ0) is 29.9. The molecule has 0 aliphatic carbocycles. The fourth-order valence-electron chi connectivity index (χ4n) is 4.76. The van der Waals surface area contributed by atoms with Gasteiger partial charge in [0.1, 0.15) is 12.1 Å². The van der Waals surface area contributed by atoms with Crippen molar-refractivity contribution in [3.05, 3.63) is 117 Å². The summed E-state index contributed by atoms with van der Waals surface area (Å²) < 4.78 is 83.5. The number of nitrogens with zero attached hydrogens (tertiary/aromatic N) is 3. The van der Waals surface area contributed by atoms with Crippen LogP contribution in [-0.4, -0.2) is 26.4 Å². The summed E-state index contributed by atoms with van der Waals surface area (Å²) in [6.45, 7) is 0. The van der Waals surface area contributed by atoms with Crippen LogP contribution in [0.25, 0.3) is 16.8 Å². The van der Waals surface area contributed by atoms with Gasteiger partial charge in [-0.15, -0.1) is 0 Å². The standard InChI is InChI=1S/C28H14ClF6N5O2/c29-19-9-21(32)20(31)8-17(19)25-24-18(27(42)39-25)5-13(12-1-2-23-36-11-37-40(23)10-12)6-22(24)38-26(41)14-3-15(28(33,34)35)7-16(30)4-14/h1-11,25H,(H,38,41)(H,39,42)/t25-/m0/s1. The molecule has 42 heavy (non-hydrogen) atoms. The molecule has 2 N–H and O–H groups in total. The number of carbonyl (C=O) groups is 2. The van der Waals surface area contributed by atoms with Gasteiger partial charge in [0, 0.05) is 44.7 Å². The molecule has 0 saturated heterocycles. The van der Waals surface area contributed by atoms with Crippen LogP contribution in [0.1, 0.15) is 43.4 Å². The second-order valence-corrected chi connectivity index (χ2v) is 9.75. The average Bonchev–Trinajstić information content (AvgIpc) is 3.53. The van der Waals surface area contributed by atoms with Gasteiger partial charge in [0.25, 0.3) is 11.8 Å². The molecular formula is C28H14ClF6N5O2. The Hall–Kier alpha value is -4.91. The van der Waals surface area contributed by atoms with Crippen LogP contribution in [-0.2, 0) is 6.18 Å². The van der Waals surface area contributed by atoms with Gasteiger partial charge >= 0.3 is 6.18 Å². The van der Waals surface area contributed by atoms with Gasteiger partial charge < -0.3 is 10.6 Å². The number of rotatable bonds is 4. The zero-order valence-corrected chi connectivity index (χ0v) is 21.5. The van der Waals surface area contributed by atoms with E-state index in [0.29, 0.717) is 28.9 Å². The van der Waals surface area contributed by atoms with Crippen LogP contribution in [0.2, 0.25) is 5.02 Å². The van der Waals surface area contributed by atoms with E-state index < -0.39 is 52.6 Å². The topological polar surface area (TPSA) is 88.4 Å². The van der Waals surface area contributed by atoms with Gasteiger partial charge in [0.05, 0.1) is 11.6 Å². The average molecular weight is 602 g/mol. The Morgan fingerprint density at radius 3 is 2.50 bits per heavy atom. The predicted molar refractivity (Wildman–Crippen MR) is 138 cm³/mol. The van der Waals surface area contributed by atoms with Gasteiger partial charge in [-0.3, -0.25) is 9.59 Å². The number of fused-ring (bicyclic) bond motifs is 2. The molecule has 1 aliphatic rings. The quantitative estimate of drug-likeness (QED) is 0.180. The van der Waals surface area contributed by atoms with Crippen LogP contribution in [0.5, 0.6) is 0 Å². The molecule has 212 valence electrons. The van der Waals surface area contributed by atoms with Crippen molar-refractivity contribution < 1.29 is 35.9 Å². The van der Waals surface area contributed by atoms with Crippen LogP contribution >= 0.6 is 11.6 Å². The summed E-state index contributed by atoms with van der Waals surface area (Å²) in [5.41, 5.74) is -0.635. The summed E-state index contributed by atoms with van der Waals surface area (Å²) >= 11 is 6.19. The lowest BCUT2D eigenvalue weighted by Crippen LogP contribution is -2.21. The summed E-state index contributed by atoms with van der Waals surface area (Å²) in [5.74, 6) is -5.55. The maximum Gasteiger partial charge on any atom is 0.416 e. The number of nitrogens with one attached hydrogen (secondary N) is 2. The van der Waals surface area contributed by atoms with Crippen LogP contribution < -0.4 is 10.6 Å². The van der Waals surface area contributed by atoms with Crippen molar-refractivity contribution in [3.63, 3.8) is 0 Å². The largest absolute Gasteiger partial charge is 0.416 e. The monoisotopic (exact) mass is 601 g/mol. The van der Waals surface area contributed by atoms with Crippen molar-refractivity contribution in [1.82, 2.24) is 19.9 Å². The van der Waals surface area contributed by atoms with Gasteiger partial charge in [-0.2, -0.15) is 18.3 Å². The van der Waals surface area contributed by atoms with Gasteiger partial charge in [0.2, 0.25) is 0 Å². The summed E-state index contributed by atoms with van der Waals surface area (Å²) in [7, 11) is 0. The lowest BCUT2D eigenvalue weighted by molar-refractivity contribution is -0.137. The minimum atomic E-state index is -4.93. The summed E-state index contributed by atoms with van der Waals surface area (Å²) in [5, 5.41) is 8.91. The molecule has 0 spiro atoms. The minimum Gasteiger partial charge on any atom is -0.341 e. The van der Waals surface area contributed by atoms with Crippen LogP contribution in [0.4, 0.5) is 32.0 Å². The normalized spacial score (nSPS) is 14.6. The van der Waals surface area contributed by atoms with E-state index >= 15 is 0 Å². The molecule has 5 aromatic rings.